The minimum absolute atomic E-state index is 0.309. The first-order chi connectivity index (χ1) is 8.27. The van der Waals surface area contributed by atoms with Gasteiger partial charge in [-0.15, -0.1) is 0 Å². The molecule has 0 bridgehead atoms. The largest absolute Gasteiger partial charge is 0.344 e. The quantitative estimate of drug-likeness (QED) is 0.838. The molecule has 17 heavy (non-hydrogen) atoms. The van der Waals surface area contributed by atoms with E-state index in [1.165, 1.54) is 41.4 Å². The zero-order valence-electron chi connectivity index (χ0n) is 10.3. The van der Waals surface area contributed by atoms with Crippen LogP contribution in [0.4, 0.5) is 0 Å². The number of aromatic nitrogens is 1. The minimum Gasteiger partial charge on any atom is -0.344 e. The van der Waals surface area contributed by atoms with Crippen LogP contribution in [0.3, 0.4) is 0 Å². The van der Waals surface area contributed by atoms with E-state index in [0.29, 0.717) is 5.41 Å². The van der Waals surface area contributed by atoms with Gasteiger partial charge in [0.05, 0.1) is 5.52 Å². The minimum atomic E-state index is 0.309. The summed E-state index contributed by atoms with van der Waals surface area (Å²) in [5.41, 5.74) is 12.3. The van der Waals surface area contributed by atoms with Gasteiger partial charge in [-0.3, -0.25) is 0 Å². The van der Waals surface area contributed by atoms with Crippen LogP contribution >= 0.6 is 0 Å². The summed E-state index contributed by atoms with van der Waals surface area (Å²) in [5, 5.41) is 1.47. The van der Waals surface area contributed by atoms with E-state index >= 15 is 0 Å². The van der Waals surface area contributed by atoms with Crippen molar-refractivity contribution in [2.24, 2.45) is 5.73 Å². The van der Waals surface area contributed by atoms with E-state index < -0.39 is 0 Å². The van der Waals surface area contributed by atoms with E-state index in [9.17, 15) is 0 Å². The Morgan fingerprint density at radius 1 is 1.35 bits per heavy atom. The molecule has 2 heterocycles. The normalized spacial score (nSPS) is 20.1. The molecule has 0 atom stereocenters. The third-order valence-electron chi connectivity index (χ3n) is 4.80. The average molecular weight is 226 g/mol. The van der Waals surface area contributed by atoms with Gasteiger partial charge in [0.15, 0.2) is 0 Å². The number of hydrogen-bond acceptors (Lipinski definition) is 1. The molecule has 1 aliphatic heterocycles. The molecule has 0 unspecified atom stereocenters. The molecule has 2 nitrogen and oxygen atoms in total. The summed E-state index contributed by atoms with van der Waals surface area (Å²) in [6.45, 7) is 4.24. The number of hydrogen-bond donors (Lipinski definition) is 1. The summed E-state index contributed by atoms with van der Waals surface area (Å²) in [7, 11) is 0. The number of para-hydroxylation sites is 1. The van der Waals surface area contributed by atoms with Crippen LogP contribution in [-0.2, 0) is 18.4 Å². The van der Waals surface area contributed by atoms with Crippen LogP contribution < -0.4 is 5.73 Å². The summed E-state index contributed by atoms with van der Waals surface area (Å²) >= 11 is 0. The zero-order chi connectivity index (χ0) is 11.6. The van der Waals surface area contributed by atoms with Crippen LogP contribution in [0.1, 0.15) is 29.7 Å². The van der Waals surface area contributed by atoms with Crippen molar-refractivity contribution < 1.29 is 0 Å². The topological polar surface area (TPSA) is 30.9 Å². The first-order valence-electron chi connectivity index (χ1n) is 6.58. The van der Waals surface area contributed by atoms with Crippen molar-refractivity contribution in [3.05, 3.63) is 35.0 Å². The van der Waals surface area contributed by atoms with Crippen LogP contribution in [0.2, 0.25) is 0 Å². The maximum absolute atomic E-state index is 6.02. The summed E-state index contributed by atoms with van der Waals surface area (Å²) in [6, 6.07) is 6.78. The Hall–Kier alpha value is -1.28. The number of rotatable bonds is 2. The molecule has 0 spiro atoms. The molecule has 1 aromatic carbocycles. The van der Waals surface area contributed by atoms with Crippen LogP contribution in [0, 0.1) is 6.92 Å². The summed E-state index contributed by atoms with van der Waals surface area (Å²) in [5.74, 6) is 0. The number of nitrogens with two attached hydrogens (primary N) is 1. The lowest BCUT2D eigenvalue weighted by molar-refractivity contribution is 0.679. The van der Waals surface area contributed by atoms with Gasteiger partial charge in [0, 0.05) is 29.6 Å². The molecule has 88 valence electrons. The monoisotopic (exact) mass is 226 g/mol. The van der Waals surface area contributed by atoms with Gasteiger partial charge in [0.1, 0.15) is 0 Å². The van der Waals surface area contributed by atoms with E-state index in [1.54, 1.807) is 5.56 Å². The van der Waals surface area contributed by atoms with Gasteiger partial charge in [-0.1, -0.05) is 18.2 Å². The Bertz CT molecular complexity index is 617. The van der Waals surface area contributed by atoms with Crippen molar-refractivity contribution in [3.63, 3.8) is 0 Å². The average Bonchev–Trinajstić information content (AvgIpc) is 2.92. The van der Waals surface area contributed by atoms with Crippen molar-refractivity contribution in [3.8, 4) is 0 Å². The highest BCUT2D eigenvalue weighted by molar-refractivity contribution is 5.90. The van der Waals surface area contributed by atoms with Crippen molar-refractivity contribution in [1.29, 1.82) is 0 Å². The predicted octanol–water partition coefficient (Wildman–Crippen LogP) is 2.50. The molecule has 2 heteroatoms. The third-order valence-corrected chi connectivity index (χ3v) is 4.80. The second-order valence-electron chi connectivity index (χ2n) is 5.66. The molecule has 1 fully saturated rings. The lowest BCUT2D eigenvalue weighted by atomic mass is 9.92. The molecule has 1 aliphatic carbocycles. The zero-order valence-corrected chi connectivity index (χ0v) is 10.3. The number of nitrogens with zero attached hydrogens (tertiary/aromatic N) is 1. The lowest BCUT2D eigenvalue weighted by Gasteiger charge is -2.14. The van der Waals surface area contributed by atoms with Crippen molar-refractivity contribution in [1.82, 2.24) is 4.57 Å². The van der Waals surface area contributed by atoms with E-state index in [4.69, 9.17) is 5.73 Å². The SMILES string of the molecule is Cc1c(C2(CN)CC2)c2cccc3c2n1CC3. The van der Waals surface area contributed by atoms with Gasteiger partial charge in [0.2, 0.25) is 0 Å². The van der Waals surface area contributed by atoms with Crippen LogP contribution in [0.5, 0.6) is 0 Å². The summed E-state index contributed by atoms with van der Waals surface area (Å²) in [4.78, 5) is 0. The fraction of sp³-hybridized carbons (Fsp3) is 0.467. The maximum Gasteiger partial charge on any atom is 0.0518 e. The van der Waals surface area contributed by atoms with Crippen LogP contribution in [-0.4, -0.2) is 11.1 Å². The molecule has 0 saturated heterocycles. The molecule has 2 aliphatic rings. The molecular formula is C15H18N2. The van der Waals surface area contributed by atoms with Crippen molar-refractivity contribution in [2.75, 3.05) is 6.54 Å². The molecule has 0 radical (unpaired) electrons. The van der Waals surface area contributed by atoms with Crippen LogP contribution in [0.25, 0.3) is 10.9 Å². The Balaban J connectivity index is 2.11. The van der Waals surface area contributed by atoms with Gasteiger partial charge in [0.25, 0.3) is 0 Å². The standard InChI is InChI=1S/C15H18N2/c1-10-13(15(9-16)6-7-15)12-4-2-3-11-5-8-17(10)14(11)12/h2-4H,5-9,16H2,1H3. The Morgan fingerprint density at radius 2 is 2.18 bits per heavy atom. The Labute approximate surface area is 101 Å². The third kappa shape index (κ3) is 1.05. The van der Waals surface area contributed by atoms with Gasteiger partial charge >= 0.3 is 0 Å². The Morgan fingerprint density at radius 3 is 2.88 bits per heavy atom. The van der Waals surface area contributed by atoms with E-state index in [1.807, 2.05) is 0 Å². The van der Waals surface area contributed by atoms with E-state index in [2.05, 4.69) is 29.7 Å². The molecule has 1 saturated carbocycles. The highest BCUT2D eigenvalue weighted by Crippen LogP contribution is 2.52. The van der Waals surface area contributed by atoms with E-state index in [0.717, 1.165) is 13.1 Å². The van der Waals surface area contributed by atoms with Gasteiger partial charge in [-0.2, -0.15) is 0 Å². The Kier molecular flexibility index (Phi) is 1.68. The van der Waals surface area contributed by atoms with Gasteiger partial charge in [-0.25, -0.2) is 0 Å². The number of aryl methyl sites for hydroxylation is 2. The molecule has 4 rings (SSSR count). The predicted molar refractivity (Wildman–Crippen MR) is 70.3 cm³/mol. The second kappa shape index (κ2) is 2.94. The molecule has 1 aromatic heterocycles. The molecule has 2 aromatic rings. The highest BCUT2D eigenvalue weighted by Gasteiger charge is 2.46. The van der Waals surface area contributed by atoms with E-state index in [-0.39, 0.29) is 0 Å². The van der Waals surface area contributed by atoms with Gasteiger partial charge in [-0.05, 0) is 37.3 Å². The summed E-state index contributed by atoms with van der Waals surface area (Å²) in [6.07, 6.45) is 3.74. The first-order valence-corrected chi connectivity index (χ1v) is 6.58. The first kappa shape index (κ1) is 9.72. The second-order valence-corrected chi connectivity index (χ2v) is 5.66. The molecule has 2 N–H and O–H groups in total. The number of benzene rings is 1. The van der Waals surface area contributed by atoms with Crippen molar-refractivity contribution >= 4 is 10.9 Å². The molecular weight excluding hydrogens is 208 g/mol. The highest BCUT2D eigenvalue weighted by atomic mass is 15.0. The van der Waals surface area contributed by atoms with Crippen molar-refractivity contribution in [2.45, 2.75) is 38.1 Å². The van der Waals surface area contributed by atoms with Crippen LogP contribution in [0.15, 0.2) is 18.2 Å². The summed E-state index contributed by atoms with van der Waals surface area (Å²) < 4.78 is 2.51. The van der Waals surface area contributed by atoms with Gasteiger partial charge < -0.3 is 10.3 Å². The lowest BCUT2D eigenvalue weighted by Crippen LogP contribution is -2.20. The fourth-order valence-corrected chi connectivity index (χ4v) is 3.70. The fourth-order valence-electron chi connectivity index (χ4n) is 3.70. The molecule has 0 amide bonds. The maximum atomic E-state index is 6.02. The smallest absolute Gasteiger partial charge is 0.0518 e.